The molecule has 2 nitrogen and oxygen atoms in total. The van der Waals surface area contributed by atoms with E-state index in [0.29, 0.717) is 10.9 Å². The number of nitrogens with one attached hydrogen (secondary N) is 1. The number of amides is 1. The van der Waals surface area contributed by atoms with Gasteiger partial charge in [-0.05, 0) is 66.5 Å². The lowest BCUT2D eigenvalue weighted by atomic mass is 9.95. The topological polar surface area (TPSA) is 29.1 Å². The van der Waals surface area contributed by atoms with Crippen LogP contribution in [0.5, 0.6) is 0 Å². The predicted molar refractivity (Wildman–Crippen MR) is 89.3 cm³/mol. The van der Waals surface area contributed by atoms with E-state index in [1.54, 1.807) is 0 Å². The van der Waals surface area contributed by atoms with Crippen LogP contribution in [0.2, 0.25) is 0 Å². The average Bonchev–Trinajstić information content (AvgIpc) is 2.35. The fraction of sp³-hybridized carbons (Fsp3) is 0.462. The summed E-state index contributed by atoms with van der Waals surface area (Å²) >= 11 is 9.24. The summed E-state index contributed by atoms with van der Waals surface area (Å²) in [5.41, 5.74) is 0.756. The number of alkyl halides is 1. The van der Waals surface area contributed by atoms with Crippen molar-refractivity contribution < 1.29 is 4.79 Å². The first-order valence-electron chi connectivity index (χ1n) is 5.96. The van der Waals surface area contributed by atoms with Crippen LogP contribution in [-0.2, 0) is 0 Å². The lowest BCUT2D eigenvalue weighted by Crippen LogP contribution is -2.38. The molecule has 1 fully saturated rings. The minimum atomic E-state index is 0.0405. The number of hydrogen-bond donors (Lipinski definition) is 1. The number of hydrogen-bond acceptors (Lipinski definition) is 1. The Labute approximate surface area is 138 Å². The Kier molecular flexibility index (Phi) is 5.50. The second-order valence-corrected chi connectivity index (χ2v) is 7.92. The van der Waals surface area contributed by atoms with Gasteiger partial charge in [0.15, 0.2) is 0 Å². The van der Waals surface area contributed by atoms with E-state index >= 15 is 0 Å². The molecule has 1 amide bonds. The zero-order chi connectivity index (χ0) is 13.1. The highest BCUT2D eigenvalue weighted by Gasteiger charge is 2.21. The molecule has 0 spiro atoms. The first-order valence-corrected chi connectivity index (χ1v) is 8.75. The summed E-state index contributed by atoms with van der Waals surface area (Å²) in [5.74, 6) is 0.0405. The van der Waals surface area contributed by atoms with E-state index in [9.17, 15) is 4.79 Å². The molecule has 0 aliphatic heterocycles. The molecule has 1 aliphatic rings. The molecule has 1 saturated carbocycles. The van der Waals surface area contributed by atoms with E-state index in [1.165, 1.54) is 0 Å². The normalized spacial score (nSPS) is 23.7. The number of carbonyl (C=O) groups is 1. The van der Waals surface area contributed by atoms with Gasteiger partial charge in [-0.3, -0.25) is 4.79 Å². The number of carbonyl (C=O) groups excluding carboxylic acids is 1. The molecule has 1 aromatic rings. The first kappa shape index (κ1) is 14.8. The zero-order valence-corrected chi connectivity index (χ0v) is 15.1. The highest BCUT2D eigenvalue weighted by Crippen LogP contribution is 2.25. The number of benzene rings is 1. The van der Waals surface area contributed by atoms with Crippen LogP contribution in [0.1, 0.15) is 36.0 Å². The van der Waals surface area contributed by atoms with E-state index in [2.05, 4.69) is 59.8 Å². The fourth-order valence-corrected chi connectivity index (χ4v) is 3.60. The molecule has 0 unspecified atom stereocenters. The summed E-state index contributed by atoms with van der Waals surface area (Å²) in [7, 11) is 0. The summed E-state index contributed by atoms with van der Waals surface area (Å²) in [6, 6.07) is 6.11. The maximum atomic E-state index is 12.2. The summed E-state index contributed by atoms with van der Waals surface area (Å²) < 4.78 is 1.93. The van der Waals surface area contributed by atoms with Gasteiger partial charge in [0.2, 0.25) is 0 Å². The Morgan fingerprint density at radius 1 is 1.28 bits per heavy atom. The molecule has 2 rings (SSSR count). The van der Waals surface area contributed by atoms with Gasteiger partial charge in [-0.2, -0.15) is 0 Å². The van der Waals surface area contributed by atoms with Crippen molar-refractivity contribution in [3.63, 3.8) is 0 Å². The van der Waals surface area contributed by atoms with Crippen LogP contribution >= 0.6 is 54.5 Å². The summed E-state index contributed by atoms with van der Waals surface area (Å²) in [4.78, 5) is 12.8. The molecule has 0 aromatic heterocycles. The van der Waals surface area contributed by atoms with E-state index in [-0.39, 0.29) is 5.91 Å². The molecule has 0 bridgehead atoms. The molecule has 1 N–H and O–H groups in total. The van der Waals surface area contributed by atoms with Gasteiger partial charge in [0.05, 0.1) is 5.56 Å². The van der Waals surface area contributed by atoms with Crippen molar-refractivity contribution in [3.8, 4) is 0 Å². The zero-order valence-electron chi connectivity index (χ0n) is 9.76. The maximum Gasteiger partial charge on any atom is 0.252 e. The molecule has 18 heavy (non-hydrogen) atoms. The van der Waals surface area contributed by atoms with Crippen LogP contribution < -0.4 is 5.32 Å². The molecular formula is C13H14Br2INO. The lowest BCUT2D eigenvalue weighted by Gasteiger charge is -2.26. The van der Waals surface area contributed by atoms with Gasteiger partial charge in [0, 0.05) is 18.9 Å². The Bertz CT molecular complexity index is 445. The molecule has 98 valence electrons. The molecule has 0 heterocycles. The molecule has 0 saturated heterocycles. The van der Waals surface area contributed by atoms with Gasteiger partial charge in [-0.1, -0.05) is 31.9 Å². The summed E-state index contributed by atoms with van der Waals surface area (Å²) in [5, 5.41) is 3.14. The Morgan fingerprint density at radius 3 is 2.61 bits per heavy atom. The van der Waals surface area contributed by atoms with Crippen molar-refractivity contribution in [2.45, 2.75) is 36.6 Å². The van der Waals surface area contributed by atoms with Crippen LogP contribution in [0.15, 0.2) is 22.7 Å². The third-order valence-electron chi connectivity index (χ3n) is 3.16. The van der Waals surface area contributed by atoms with Crippen molar-refractivity contribution in [3.05, 3.63) is 31.8 Å². The molecule has 0 atom stereocenters. The highest BCUT2D eigenvalue weighted by molar-refractivity contribution is 14.1. The highest BCUT2D eigenvalue weighted by atomic mass is 127. The Balaban J connectivity index is 2.01. The number of halogens is 3. The van der Waals surface area contributed by atoms with Gasteiger partial charge in [-0.15, -0.1) is 0 Å². The first-order chi connectivity index (χ1) is 8.56. The Hall–Kier alpha value is 0.380. The monoisotopic (exact) mass is 485 g/mol. The van der Waals surface area contributed by atoms with Crippen molar-refractivity contribution in [2.75, 3.05) is 0 Å². The second kappa shape index (κ2) is 6.70. The Morgan fingerprint density at radius 2 is 1.94 bits per heavy atom. The molecule has 1 aliphatic carbocycles. The SMILES string of the molecule is O=C(NC1CCC(Br)CC1)c1cc(Br)ccc1I. The van der Waals surface area contributed by atoms with Crippen molar-refractivity contribution in [2.24, 2.45) is 0 Å². The maximum absolute atomic E-state index is 12.2. The van der Waals surface area contributed by atoms with Gasteiger partial charge in [0.25, 0.3) is 5.91 Å². The fourth-order valence-electron chi connectivity index (χ4n) is 2.13. The van der Waals surface area contributed by atoms with Crippen LogP contribution in [0.3, 0.4) is 0 Å². The van der Waals surface area contributed by atoms with Crippen LogP contribution in [0.4, 0.5) is 0 Å². The second-order valence-electron chi connectivity index (χ2n) is 4.55. The van der Waals surface area contributed by atoms with E-state index < -0.39 is 0 Å². The van der Waals surface area contributed by atoms with Crippen molar-refractivity contribution in [1.82, 2.24) is 5.32 Å². The molecular weight excluding hydrogens is 473 g/mol. The molecule has 5 heteroatoms. The minimum absolute atomic E-state index is 0.0405. The van der Waals surface area contributed by atoms with Gasteiger partial charge in [0.1, 0.15) is 0 Å². The average molecular weight is 487 g/mol. The molecule has 1 aromatic carbocycles. The van der Waals surface area contributed by atoms with Gasteiger partial charge in [-0.25, -0.2) is 0 Å². The van der Waals surface area contributed by atoms with Gasteiger partial charge < -0.3 is 5.32 Å². The van der Waals surface area contributed by atoms with E-state index in [1.807, 2.05) is 18.2 Å². The van der Waals surface area contributed by atoms with Crippen molar-refractivity contribution in [1.29, 1.82) is 0 Å². The van der Waals surface area contributed by atoms with Crippen molar-refractivity contribution >= 4 is 60.4 Å². The van der Waals surface area contributed by atoms with Crippen LogP contribution in [-0.4, -0.2) is 16.8 Å². The van der Waals surface area contributed by atoms with Crippen LogP contribution in [0.25, 0.3) is 0 Å². The van der Waals surface area contributed by atoms with Crippen LogP contribution in [0, 0.1) is 3.57 Å². The van der Waals surface area contributed by atoms with E-state index in [0.717, 1.165) is 39.3 Å². The number of rotatable bonds is 2. The predicted octanol–water partition coefficient (Wildman–Crippen LogP) is 4.49. The van der Waals surface area contributed by atoms with E-state index in [4.69, 9.17) is 0 Å². The lowest BCUT2D eigenvalue weighted by molar-refractivity contribution is 0.0927. The smallest absolute Gasteiger partial charge is 0.252 e. The van der Waals surface area contributed by atoms with Gasteiger partial charge >= 0.3 is 0 Å². The summed E-state index contributed by atoms with van der Waals surface area (Å²) in [6.07, 6.45) is 4.40. The standard InChI is InChI=1S/C13H14Br2INO/c14-8-1-4-10(5-2-8)17-13(18)11-7-9(15)3-6-12(11)16/h3,6-8,10H,1-2,4-5H2,(H,17,18). The molecule has 0 radical (unpaired) electrons. The summed E-state index contributed by atoms with van der Waals surface area (Å²) in [6.45, 7) is 0. The quantitative estimate of drug-likeness (QED) is 0.484. The third-order valence-corrected chi connectivity index (χ3v) is 5.51. The third kappa shape index (κ3) is 3.93. The largest absolute Gasteiger partial charge is 0.349 e. The minimum Gasteiger partial charge on any atom is -0.349 e.